The third kappa shape index (κ3) is 9.19. The molecular weight excluding hydrogens is 388 g/mol. The van der Waals surface area contributed by atoms with Crippen LogP contribution in [0.4, 0.5) is 0 Å². The first-order valence-electron chi connectivity index (χ1n) is 8.40. The topological polar surface area (TPSA) is 208 Å². The Balaban J connectivity index is 2.63. The molecule has 0 saturated heterocycles. The van der Waals surface area contributed by atoms with E-state index in [-0.39, 0.29) is 12.2 Å². The number of phenolic OH excluding ortho intramolecular Hbond substituents is 1. The van der Waals surface area contributed by atoms with E-state index in [2.05, 4.69) is 10.6 Å². The van der Waals surface area contributed by atoms with Gasteiger partial charge in [-0.05, 0) is 24.1 Å². The van der Waals surface area contributed by atoms with Crippen LogP contribution in [0.1, 0.15) is 12.0 Å². The number of carbonyl (C=O) groups is 5. The zero-order chi connectivity index (χ0) is 22.0. The molecule has 0 fully saturated rings. The lowest BCUT2D eigenvalue weighted by Crippen LogP contribution is -2.54. The first-order chi connectivity index (χ1) is 13.6. The second-order valence-electron chi connectivity index (χ2n) is 6.02. The lowest BCUT2D eigenvalue weighted by Gasteiger charge is -2.19. The van der Waals surface area contributed by atoms with Gasteiger partial charge in [0.15, 0.2) is 0 Å². The van der Waals surface area contributed by atoms with E-state index >= 15 is 0 Å². The number of hydrogen-bond donors (Lipinski definition) is 7. The number of phenols is 1. The number of nitrogens with one attached hydrogen (secondary N) is 3. The number of rotatable bonds is 11. The average Bonchev–Trinajstić information content (AvgIpc) is 2.65. The van der Waals surface area contributed by atoms with Gasteiger partial charge in [-0.2, -0.15) is 0 Å². The molecular formula is C17H22N4O8. The molecule has 0 heterocycles. The summed E-state index contributed by atoms with van der Waals surface area (Å²) in [7, 11) is 0. The van der Waals surface area contributed by atoms with E-state index in [9.17, 15) is 29.1 Å². The Morgan fingerprint density at radius 3 is 2.07 bits per heavy atom. The maximum atomic E-state index is 12.2. The molecule has 0 radical (unpaired) electrons. The Labute approximate surface area is 165 Å². The molecule has 12 heteroatoms. The minimum atomic E-state index is -1.49. The smallest absolute Gasteiger partial charge is 0.322 e. The van der Waals surface area contributed by atoms with Gasteiger partial charge in [0.2, 0.25) is 17.7 Å². The van der Waals surface area contributed by atoms with Crippen molar-refractivity contribution in [2.45, 2.75) is 24.9 Å². The molecule has 8 N–H and O–H groups in total. The van der Waals surface area contributed by atoms with Gasteiger partial charge in [-0.25, -0.2) is 0 Å². The summed E-state index contributed by atoms with van der Waals surface area (Å²) in [6.07, 6.45) is -0.675. The molecule has 0 aliphatic carbocycles. The molecule has 0 spiro atoms. The Kier molecular flexibility index (Phi) is 9.05. The number of carboxylic acid groups (broad SMARTS) is 2. The largest absolute Gasteiger partial charge is 0.508 e. The van der Waals surface area contributed by atoms with Crippen LogP contribution in [0.5, 0.6) is 5.75 Å². The van der Waals surface area contributed by atoms with E-state index in [1.54, 1.807) is 12.1 Å². The van der Waals surface area contributed by atoms with Gasteiger partial charge < -0.3 is 37.0 Å². The van der Waals surface area contributed by atoms with Crippen molar-refractivity contribution in [3.05, 3.63) is 29.8 Å². The van der Waals surface area contributed by atoms with Crippen molar-refractivity contribution in [3.63, 3.8) is 0 Å². The van der Waals surface area contributed by atoms with Crippen LogP contribution in [-0.4, -0.2) is 70.2 Å². The third-order valence-electron chi connectivity index (χ3n) is 3.60. The number of hydrogen-bond acceptors (Lipinski definition) is 7. The number of carboxylic acids is 2. The van der Waals surface area contributed by atoms with Gasteiger partial charge in [0, 0.05) is 0 Å². The summed E-state index contributed by atoms with van der Waals surface area (Å²) in [6, 6.07) is 3.35. The van der Waals surface area contributed by atoms with Crippen LogP contribution < -0.4 is 21.7 Å². The molecule has 0 bridgehead atoms. The van der Waals surface area contributed by atoms with Gasteiger partial charge >= 0.3 is 11.9 Å². The van der Waals surface area contributed by atoms with Gasteiger partial charge in [-0.3, -0.25) is 24.0 Å². The first-order valence-corrected chi connectivity index (χ1v) is 8.40. The second-order valence-corrected chi connectivity index (χ2v) is 6.02. The van der Waals surface area contributed by atoms with E-state index in [1.165, 1.54) is 12.1 Å². The van der Waals surface area contributed by atoms with Crippen LogP contribution in [0.15, 0.2) is 24.3 Å². The van der Waals surface area contributed by atoms with E-state index in [0.717, 1.165) is 0 Å². The van der Waals surface area contributed by atoms with Gasteiger partial charge in [0.1, 0.15) is 18.3 Å². The van der Waals surface area contributed by atoms with Crippen LogP contribution in [0.25, 0.3) is 0 Å². The molecule has 0 saturated carbocycles. The number of amides is 3. The van der Waals surface area contributed by atoms with Crippen LogP contribution >= 0.6 is 0 Å². The summed E-state index contributed by atoms with van der Waals surface area (Å²) in [6.45, 7) is -1.24. The normalized spacial score (nSPS) is 12.3. The first kappa shape index (κ1) is 23.4. The van der Waals surface area contributed by atoms with Crippen molar-refractivity contribution < 1.29 is 39.3 Å². The summed E-state index contributed by atoms with van der Waals surface area (Å²) in [5, 5.41) is 33.0. The van der Waals surface area contributed by atoms with E-state index in [1.807, 2.05) is 5.32 Å². The standard InChI is InChI=1S/C17H22N4O8/c18-11(5-9-1-3-10(22)4-2-9)16(28)21-12(6-14(24)25)17(29)20-7-13(23)19-8-15(26)27/h1-4,11-12,22H,5-8,18H2,(H,19,23)(H,20,29)(H,21,28)(H,24,25)(H,26,27). The van der Waals surface area contributed by atoms with E-state index in [4.69, 9.17) is 15.9 Å². The lowest BCUT2D eigenvalue weighted by molar-refractivity contribution is -0.141. The zero-order valence-electron chi connectivity index (χ0n) is 15.3. The highest BCUT2D eigenvalue weighted by Gasteiger charge is 2.26. The SMILES string of the molecule is NC(Cc1ccc(O)cc1)C(=O)NC(CC(=O)O)C(=O)NCC(=O)NCC(=O)O. The van der Waals surface area contributed by atoms with Crippen molar-refractivity contribution in [1.82, 2.24) is 16.0 Å². The zero-order valence-corrected chi connectivity index (χ0v) is 15.3. The maximum absolute atomic E-state index is 12.2. The van der Waals surface area contributed by atoms with Crippen molar-refractivity contribution in [3.8, 4) is 5.75 Å². The van der Waals surface area contributed by atoms with E-state index in [0.29, 0.717) is 5.56 Å². The van der Waals surface area contributed by atoms with E-state index < -0.39 is 61.3 Å². The summed E-state index contributed by atoms with van der Waals surface area (Å²) >= 11 is 0. The van der Waals surface area contributed by atoms with Crippen molar-refractivity contribution in [1.29, 1.82) is 0 Å². The fourth-order valence-corrected chi connectivity index (χ4v) is 2.17. The molecule has 1 aromatic rings. The second kappa shape index (κ2) is 11.2. The van der Waals surface area contributed by atoms with Crippen LogP contribution in [0.3, 0.4) is 0 Å². The summed E-state index contributed by atoms with van der Waals surface area (Å²) in [5.41, 5.74) is 6.42. The Morgan fingerprint density at radius 1 is 0.897 bits per heavy atom. The Bertz CT molecular complexity index is 765. The number of aromatic hydroxyl groups is 1. The third-order valence-corrected chi connectivity index (χ3v) is 3.60. The highest BCUT2D eigenvalue weighted by molar-refractivity contribution is 5.94. The van der Waals surface area contributed by atoms with Crippen LogP contribution in [0.2, 0.25) is 0 Å². The minimum absolute atomic E-state index is 0.0392. The molecule has 1 aromatic carbocycles. The quantitative estimate of drug-likeness (QED) is 0.206. The molecule has 12 nitrogen and oxygen atoms in total. The summed E-state index contributed by atoms with van der Waals surface area (Å²) < 4.78 is 0. The molecule has 0 aromatic heterocycles. The fraction of sp³-hybridized carbons (Fsp3) is 0.353. The molecule has 158 valence electrons. The maximum Gasteiger partial charge on any atom is 0.322 e. The molecule has 3 amide bonds. The predicted octanol–water partition coefficient (Wildman–Crippen LogP) is -2.46. The molecule has 2 unspecified atom stereocenters. The Morgan fingerprint density at radius 2 is 1.52 bits per heavy atom. The molecule has 29 heavy (non-hydrogen) atoms. The van der Waals surface area contributed by atoms with Crippen molar-refractivity contribution in [2.24, 2.45) is 5.73 Å². The molecule has 2 atom stereocenters. The highest BCUT2D eigenvalue weighted by Crippen LogP contribution is 2.11. The fourth-order valence-electron chi connectivity index (χ4n) is 2.17. The summed E-state index contributed by atoms with van der Waals surface area (Å²) in [5.74, 6) is -5.13. The van der Waals surface area contributed by atoms with Gasteiger partial charge in [-0.15, -0.1) is 0 Å². The van der Waals surface area contributed by atoms with Crippen LogP contribution in [-0.2, 0) is 30.4 Å². The highest BCUT2D eigenvalue weighted by atomic mass is 16.4. The molecule has 1 rings (SSSR count). The molecule has 0 aliphatic heterocycles. The van der Waals surface area contributed by atoms with Crippen molar-refractivity contribution >= 4 is 29.7 Å². The monoisotopic (exact) mass is 410 g/mol. The van der Waals surface area contributed by atoms with Crippen molar-refractivity contribution in [2.75, 3.05) is 13.1 Å². The van der Waals surface area contributed by atoms with Gasteiger partial charge in [-0.1, -0.05) is 12.1 Å². The minimum Gasteiger partial charge on any atom is -0.508 e. The number of carbonyl (C=O) groups excluding carboxylic acids is 3. The number of benzene rings is 1. The average molecular weight is 410 g/mol. The van der Waals surface area contributed by atoms with Crippen LogP contribution in [0, 0.1) is 0 Å². The number of aliphatic carboxylic acids is 2. The van der Waals surface area contributed by atoms with Gasteiger partial charge in [0.05, 0.1) is 19.0 Å². The predicted molar refractivity (Wildman–Crippen MR) is 97.6 cm³/mol. The molecule has 0 aliphatic rings. The Hall–Kier alpha value is -3.67. The van der Waals surface area contributed by atoms with Gasteiger partial charge in [0.25, 0.3) is 0 Å². The number of nitrogens with two attached hydrogens (primary N) is 1. The lowest BCUT2D eigenvalue weighted by atomic mass is 10.0. The summed E-state index contributed by atoms with van der Waals surface area (Å²) in [4.78, 5) is 57.1.